The van der Waals surface area contributed by atoms with Crippen molar-refractivity contribution in [3.8, 4) is 0 Å². The number of halogens is 1. The van der Waals surface area contributed by atoms with Gasteiger partial charge in [0.1, 0.15) is 10.7 Å². The Morgan fingerprint density at radius 3 is 2.85 bits per heavy atom. The molecule has 0 aliphatic rings. The van der Waals surface area contributed by atoms with Crippen molar-refractivity contribution >= 4 is 44.8 Å². The Balaban J connectivity index is 2.25. The largest absolute Gasteiger partial charge is 0.397 e. The van der Waals surface area contributed by atoms with Crippen LogP contribution in [-0.4, -0.2) is 23.5 Å². The highest BCUT2D eigenvalue weighted by Crippen LogP contribution is 2.34. The highest BCUT2D eigenvalue weighted by Gasteiger charge is 2.21. The summed E-state index contributed by atoms with van der Waals surface area (Å²) >= 11 is 2.97. The van der Waals surface area contributed by atoms with E-state index in [-0.39, 0.29) is 16.5 Å². The Labute approximate surface area is 125 Å². The summed E-state index contributed by atoms with van der Waals surface area (Å²) in [5, 5.41) is 3.48. The average molecular weight is 312 g/mol. The number of fused-ring (bicyclic) bond motifs is 1. The van der Waals surface area contributed by atoms with Gasteiger partial charge in [-0.2, -0.15) is 11.8 Å². The third-order valence-electron chi connectivity index (χ3n) is 3.12. The van der Waals surface area contributed by atoms with Gasteiger partial charge in [0, 0.05) is 21.4 Å². The quantitative estimate of drug-likeness (QED) is 0.908. The number of anilines is 1. The van der Waals surface area contributed by atoms with E-state index in [4.69, 9.17) is 5.73 Å². The number of benzene rings is 1. The van der Waals surface area contributed by atoms with Gasteiger partial charge in [-0.1, -0.05) is 0 Å². The number of rotatable bonds is 4. The molecule has 2 aromatic rings. The lowest BCUT2D eigenvalue weighted by molar-refractivity contribution is 0.0955. The molecule has 1 amide bonds. The summed E-state index contributed by atoms with van der Waals surface area (Å²) in [5.74, 6) is -0.552. The lowest BCUT2D eigenvalue weighted by Gasteiger charge is -2.22. The zero-order chi connectivity index (χ0) is 14.9. The second kappa shape index (κ2) is 5.61. The third kappa shape index (κ3) is 3.07. The molecule has 0 unspecified atom stereocenters. The van der Waals surface area contributed by atoms with Crippen molar-refractivity contribution in [3.05, 3.63) is 28.9 Å². The molecule has 0 atom stereocenters. The van der Waals surface area contributed by atoms with Crippen LogP contribution < -0.4 is 11.1 Å². The van der Waals surface area contributed by atoms with Crippen LogP contribution in [0.1, 0.15) is 23.5 Å². The van der Waals surface area contributed by atoms with E-state index in [1.165, 1.54) is 23.5 Å². The fraction of sp³-hybridized carbons (Fsp3) is 0.357. The molecule has 1 heterocycles. The third-order valence-corrected chi connectivity index (χ3v) is 5.56. The number of carbonyl (C=O) groups is 1. The first-order valence-electron chi connectivity index (χ1n) is 6.15. The van der Waals surface area contributed by atoms with Crippen LogP contribution in [0.3, 0.4) is 0 Å². The SMILES string of the molecule is CSC(C)(C)CNC(=O)c1sc2ccc(F)cc2c1N. The first-order chi connectivity index (χ1) is 9.34. The van der Waals surface area contributed by atoms with Gasteiger partial charge in [-0.15, -0.1) is 11.3 Å². The fourth-order valence-corrected chi connectivity index (χ4v) is 2.94. The number of hydrogen-bond acceptors (Lipinski definition) is 4. The molecule has 0 bridgehead atoms. The van der Waals surface area contributed by atoms with Crippen molar-refractivity contribution in [2.24, 2.45) is 0 Å². The monoisotopic (exact) mass is 312 g/mol. The maximum Gasteiger partial charge on any atom is 0.263 e. The Morgan fingerprint density at radius 2 is 2.20 bits per heavy atom. The highest BCUT2D eigenvalue weighted by molar-refractivity contribution is 7.99. The Hall–Kier alpha value is -1.27. The van der Waals surface area contributed by atoms with Crippen molar-refractivity contribution in [2.45, 2.75) is 18.6 Å². The molecule has 1 aromatic carbocycles. The zero-order valence-electron chi connectivity index (χ0n) is 11.6. The standard InChI is InChI=1S/C14H17FN2OS2/c1-14(2,19-3)7-17-13(18)12-11(16)9-6-8(15)4-5-10(9)20-12/h4-6H,7,16H2,1-3H3,(H,17,18). The number of amides is 1. The molecule has 6 heteroatoms. The van der Waals surface area contributed by atoms with Crippen LogP contribution in [0.4, 0.5) is 10.1 Å². The van der Waals surface area contributed by atoms with Gasteiger partial charge in [0.25, 0.3) is 5.91 Å². The molecule has 0 aliphatic heterocycles. The Morgan fingerprint density at radius 1 is 1.50 bits per heavy atom. The molecular formula is C14H17FN2OS2. The van der Waals surface area contributed by atoms with Crippen molar-refractivity contribution in [1.82, 2.24) is 5.32 Å². The molecule has 108 valence electrons. The van der Waals surface area contributed by atoms with E-state index >= 15 is 0 Å². The maximum atomic E-state index is 13.2. The number of nitrogens with one attached hydrogen (secondary N) is 1. The summed E-state index contributed by atoms with van der Waals surface area (Å²) in [6.45, 7) is 4.66. The van der Waals surface area contributed by atoms with Crippen LogP contribution in [0, 0.1) is 5.82 Å². The summed E-state index contributed by atoms with van der Waals surface area (Å²) in [7, 11) is 0. The van der Waals surface area contributed by atoms with E-state index in [1.807, 2.05) is 6.26 Å². The van der Waals surface area contributed by atoms with Gasteiger partial charge in [0.15, 0.2) is 0 Å². The van der Waals surface area contributed by atoms with E-state index in [1.54, 1.807) is 17.8 Å². The molecule has 0 radical (unpaired) electrons. The second-order valence-electron chi connectivity index (χ2n) is 5.13. The van der Waals surface area contributed by atoms with Gasteiger partial charge in [-0.25, -0.2) is 4.39 Å². The van der Waals surface area contributed by atoms with Crippen LogP contribution in [0.25, 0.3) is 10.1 Å². The second-order valence-corrected chi connectivity index (χ2v) is 7.70. The molecule has 3 N–H and O–H groups in total. The van der Waals surface area contributed by atoms with Gasteiger partial charge in [-0.3, -0.25) is 4.79 Å². The first kappa shape index (κ1) is 15.1. The van der Waals surface area contributed by atoms with Crippen molar-refractivity contribution in [2.75, 3.05) is 18.5 Å². The molecule has 20 heavy (non-hydrogen) atoms. The number of thioether (sulfide) groups is 1. The predicted molar refractivity (Wildman–Crippen MR) is 86.1 cm³/mol. The molecule has 1 aromatic heterocycles. The molecule has 0 fully saturated rings. The van der Waals surface area contributed by atoms with E-state index in [0.29, 0.717) is 22.5 Å². The summed E-state index contributed by atoms with van der Waals surface area (Å²) in [4.78, 5) is 12.6. The van der Waals surface area contributed by atoms with Gasteiger partial charge in [0.2, 0.25) is 0 Å². The predicted octanol–water partition coefficient (Wildman–Crippen LogP) is 3.49. The summed E-state index contributed by atoms with van der Waals surface area (Å²) in [6, 6.07) is 4.38. The van der Waals surface area contributed by atoms with Gasteiger partial charge in [-0.05, 0) is 38.3 Å². The van der Waals surface area contributed by atoms with Crippen LogP contribution >= 0.6 is 23.1 Å². The van der Waals surface area contributed by atoms with Crippen LogP contribution in [0.2, 0.25) is 0 Å². The summed E-state index contributed by atoms with van der Waals surface area (Å²) in [5.41, 5.74) is 6.31. The minimum Gasteiger partial charge on any atom is -0.397 e. The normalized spacial score (nSPS) is 11.8. The van der Waals surface area contributed by atoms with E-state index in [2.05, 4.69) is 19.2 Å². The van der Waals surface area contributed by atoms with Gasteiger partial charge in [0.05, 0.1) is 5.69 Å². The maximum absolute atomic E-state index is 13.2. The minimum absolute atomic E-state index is 0.0345. The van der Waals surface area contributed by atoms with Crippen LogP contribution in [0.5, 0.6) is 0 Å². The van der Waals surface area contributed by atoms with E-state index in [9.17, 15) is 9.18 Å². The van der Waals surface area contributed by atoms with Gasteiger partial charge >= 0.3 is 0 Å². The number of thiophene rings is 1. The zero-order valence-corrected chi connectivity index (χ0v) is 13.3. The Kier molecular flexibility index (Phi) is 4.25. The molecule has 0 saturated carbocycles. The average Bonchev–Trinajstić information content (AvgIpc) is 2.74. The smallest absolute Gasteiger partial charge is 0.263 e. The molecule has 0 aliphatic carbocycles. The molecule has 0 spiro atoms. The van der Waals surface area contributed by atoms with Crippen molar-refractivity contribution < 1.29 is 9.18 Å². The highest BCUT2D eigenvalue weighted by atomic mass is 32.2. The number of nitrogen functional groups attached to an aromatic ring is 1. The molecule has 3 nitrogen and oxygen atoms in total. The summed E-state index contributed by atoms with van der Waals surface area (Å²) < 4.78 is 14.0. The minimum atomic E-state index is -0.350. The number of carbonyl (C=O) groups excluding carboxylic acids is 1. The fourth-order valence-electron chi connectivity index (χ4n) is 1.70. The first-order valence-corrected chi connectivity index (χ1v) is 8.19. The molecular weight excluding hydrogens is 295 g/mol. The van der Waals surface area contributed by atoms with Gasteiger partial charge < -0.3 is 11.1 Å². The number of hydrogen-bond donors (Lipinski definition) is 2. The van der Waals surface area contributed by atoms with Crippen LogP contribution in [0.15, 0.2) is 18.2 Å². The molecule has 0 saturated heterocycles. The Bertz CT molecular complexity index is 652. The van der Waals surface area contributed by atoms with E-state index < -0.39 is 0 Å². The van der Waals surface area contributed by atoms with Crippen molar-refractivity contribution in [1.29, 1.82) is 0 Å². The van der Waals surface area contributed by atoms with E-state index in [0.717, 1.165) is 4.70 Å². The molecule has 2 rings (SSSR count). The number of nitrogens with two attached hydrogens (primary N) is 1. The van der Waals surface area contributed by atoms with Crippen molar-refractivity contribution in [3.63, 3.8) is 0 Å². The lowest BCUT2D eigenvalue weighted by Crippen LogP contribution is -2.35. The lowest BCUT2D eigenvalue weighted by atomic mass is 10.2. The van der Waals surface area contributed by atoms with Crippen LogP contribution in [-0.2, 0) is 0 Å². The topological polar surface area (TPSA) is 55.1 Å². The summed E-state index contributed by atoms with van der Waals surface area (Å²) in [6.07, 6.45) is 2.00.